The fraction of sp³-hybridized carbons (Fsp3) is 0.647. The smallest absolute Gasteiger partial charge is 0.227 e. The molecule has 0 aromatic carbocycles. The molecule has 0 radical (unpaired) electrons. The summed E-state index contributed by atoms with van der Waals surface area (Å²) in [6.45, 7) is 7.02. The Bertz CT molecular complexity index is 685. The minimum Gasteiger partial charge on any atom is -0.354 e. The number of hydrogen-bond donors (Lipinski definition) is 0. The number of hydrogen-bond acceptors (Lipinski definition) is 7. The maximum atomic E-state index is 4.83. The van der Waals surface area contributed by atoms with Crippen LogP contribution in [-0.2, 0) is 13.6 Å². The molecule has 2 saturated heterocycles. The molecule has 0 saturated carbocycles. The monoisotopic (exact) mass is 342 g/mol. The molecular weight excluding hydrogens is 316 g/mol. The molecule has 0 amide bonds. The van der Waals surface area contributed by atoms with Gasteiger partial charge in [-0.1, -0.05) is 5.21 Å². The largest absolute Gasteiger partial charge is 0.354 e. The van der Waals surface area contributed by atoms with Crippen molar-refractivity contribution < 1.29 is 0 Å². The zero-order valence-corrected chi connectivity index (χ0v) is 14.9. The highest BCUT2D eigenvalue weighted by atomic mass is 15.4. The first-order chi connectivity index (χ1) is 12.3. The number of piperidine rings is 1. The van der Waals surface area contributed by atoms with Crippen LogP contribution in [0.25, 0.3) is 0 Å². The summed E-state index contributed by atoms with van der Waals surface area (Å²) in [5.41, 5.74) is 1.03. The molecule has 4 heterocycles. The maximum absolute atomic E-state index is 4.83. The van der Waals surface area contributed by atoms with Gasteiger partial charge in [0.25, 0.3) is 0 Å². The van der Waals surface area contributed by atoms with E-state index in [0.29, 0.717) is 0 Å². The van der Waals surface area contributed by atoms with Crippen LogP contribution in [0.4, 0.5) is 11.8 Å². The Morgan fingerprint density at radius 3 is 2.48 bits per heavy atom. The van der Waals surface area contributed by atoms with Crippen molar-refractivity contribution in [2.24, 2.45) is 7.05 Å². The summed E-state index contributed by atoms with van der Waals surface area (Å²) in [5, 5.41) is 8.19. The van der Waals surface area contributed by atoms with Gasteiger partial charge in [0.2, 0.25) is 5.95 Å². The number of piperazine rings is 1. The summed E-state index contributed by atoms with van der Waals surface area (Å²) in [6.07, 6.45) is 7.70. The van der Waals surface area contributed by atoms with Gasteiger partial charge in [-0.25, -0.2) is 4.98 Å². The molecule has 0 atom stereocenters. The molecular formula is C17H26N8. The van der Waals surface area contributed by atoms with Gasteiger partial charge in [0.1, 0.15) is 5.82 Å². The summed E-state index contributed by atoms with van der Waals surface area (Å²) >= 11 is 0. The third-order valence-electron chi connectivity index (χ3n) is 5.00. The van der Waals surface area contributed by atoms with Crippen LogP contribution in [0.2, 0.25) is 0 Å². The lowest BCUT2D eigenvalue weighted by Gasteiger charge is -2.35. The van der Waals surface area contributed by atoms with Gasteiger partial charge in [0.15, 0.2) is 0 Å². The molecule has 2 aliphatic rings. The van der Waals surface area contributed by atoms with Crippen molar-refractivity contribution in [1.82, 2.24) is 29.9 Å². The number of anilines is 2. The van der Waals surface area contributed by atoms with Gasteiger partial charge in [-0.3, -0.25) is 9.58 Å². The molecule has 25 heavy (non-hydrogen) atoms. The van der Waals surface area contributed by atoms with Gasteiger partial charge < -0.3 is 9.80 Å². The molecule has 2 aromatic rings. The van der Waals surface area contributed by atoms with Crippen LogP contribution in [0.3, 0.4) is 0 Å². The second-order valence-electron chi connectivity index (χ2n) is 6.91. The highest BCUT2D eigenvalue weighted by molar-refractivity contribution is 5.44. The first kappa shape index (κ1) is 16.3. The summed E-state index contributed by atoms with van der Waals surface area (Å²) < 4.78 is 1.76. The van der Waals surface area contributed by atoms with Gasteiger partial charge in [0.05, 0.1) is 5.69 Å². The van der Waals surface area contributed by atoms with Crippen LogP contribution in [0.1, 0.15) is 25.0 Å². The number of aromatic nitrogens is 5. The molecule has 0 bridgehead atoms. The average molecular weight is 342 g/mol. The van der Waals surface area contributed by atoms with E-state index in [1.165, 1.54) is 19.3 Å². The van der Waals surface area contributed by atoms with Crippen molar-refractivity contribution >= 4 is 11.8 Å². The van der Waals surface area contributed by atoms with Crippen molar-refractivity contribution in [2.45, 2.75) is 25.8 Å². The molecule has 0 unspecified atom stereocenters. The fourth-order valence-electron chi connectivity index (χ4n) is 3.59. The Kier molecular flexibility index (Phi) is 4.78. The number of aryl methyl sites for hydroxylation is 1. The molecule has 2 aromatic heterocycles. The van der Waals surface area contributed by atoms with Crippen LogP contribution in [0.5, 0.6) is 0 Å². The molecule has 0 aliphatic carbocycles. The van der Waals surface area contributed by atoms with E-state index in [1.807, 2.05) is 25.5 Å². The lowest BCUT2D eigenvalue weighted by atomic mass is 10.1. The lowest BCUT2D eigenvalue weighted by molar-refractivity contribution is 0.246. The van der Waals surface area contributed by atoms with Crippen LogP contribution in [0.15, 0.2) is 18.5 Å². The SMILES string of the molecule is Cn1cc(CN2CCN(c3ccnc(N4CCCCC4)n3)CC2)nn1. The zero-order chi connectivity index (χ0) is 17.1. The predicted octanol–water partition coefficient (Wildman–Crippen LogP) is 0.918. The first-order valence-electron chi connectivity index (χ1n) is 9.18. The second kappa shape index (κ2) is 7.35. The zero-order valence-electron chi connectivity index (χ0n) is 14.9. The lowest BCUT2D eigenvalue weighted by Crippen LogP contribution is -2.46. The highest BCUT2D eigenvalue weighted by Crippen LogP contribution is 2.20. The van der Waals surface area contributed by atoms with E-state index >= 15 is 0 Å². The van der Waals surface area contributed by atoms with Crippen LogP contribution >= 0.6 is 0 Å². The highest BCUT2D eigenvalue weighted by Gasteiger charge is 2.20. The minimum atomic E-state index is 0.866. The van der Waals surface area contributed by atoms with Gasteiger partial charge >= 0.3 is 0 Å². The van der Waals surface area contributed by atoms with E-state index < -0.39 is 0 Å². The summed E-state index contributed by atoms with van der Waals surface area (Å²) in [4.78, 5) is 16.4. The van der Waals surface area contributed by atoms with Gasteiger partial charge in [-0.15, -0.1) is 5.10 Å². The number of rotatable bonds is 4. The van der Waals surface area contributed by atoms with Gasteiger partial charge in [-0.05, 0) is 25.3 Å². The standard InChI is InChI=1S/C17H26N8/c1-22-13-15(20-21-22)14-23-9-11-24(12-10-23)16-5-6-18-17(19-16)25-7-3-2-4-8-25/h5-6,13H,2-4,7-12,14H2,1H3. The summed E-state index contributed by atoms with van der Waals surface area (Å²) in [5.74, 6) is 1.94. The summed E-state index contributed by atoms with van der Waals surface area (Å²) in [6, 6.07) is 2.03. The molecule has 8 nitrogen and oxygen atoms in total. The predicted molar refractivity (Wildman–Crippen MR) is 96.6 cm³/mol. The molecule has 134 valence electrons. The van der Waals surface area contributed by atoms with E-state index in [4.69, 9.17) is 4.98 Å². The normalized spacial score (nSPS) is 19.4. The van der Waals surface area contributed by atoms with E-state index in [9.17, 15) is 0 Å². The maximum Gasteiger partial charge on any atom is 0.227 e. The van der Waals surface area contributed by atoms with E-state index in [-0.39, 0.29) is 0 Å². The Morgan fingerprint density at radius 2 is 1.76 bits per heavy atom. The molecule has 8 heteroatoms. The Labute approximate surface area is 148 Å². The topological polar surface area (TPSA) is 66.2 Å². The first-order valence-corrected chi connectivity index (χ1v) is 9.18. The van der Waals surface area contributed by atoms with Crippen LogP contribution in [0, 0.1) is 0 Å². The molecule has 2 aliphatic heterocycles. The van der Waals surface area contributed by atoms with Gasteiger partial charge in [-0.2, -0.15) is 4.98 Å². The van der Waals surface area contributed by atoms with Crippen LogP contribution < -0.4 is 9.80 Å². The Morgan fingerprint density at radius 1 is 0.960 bits per heavy atom. The minimum absolute atomic E-state index is 0.866. The van der Waals surface area contributed by atoms with Crippen molar-refractivity contribution in [3.05, 3.63) is 24.2 Å². The van der Waals surface area contributed by atoms with E-state index in [2.05, 4.69) is 30.0 Å². The van der Waals surface area contributed by atoms with E-state index in [1.54, 1.807) is 4.68 Å². The van der Waals surface area contributed by atoms with E-state index in [0.717, 1.165) is 63.3 Å². The number of nitrogens with zero attached hydrogens (tertiary/aromatic N) is 8. The third-order valence-corrected chi connectivity index (χ3v) is 5.00. The Hall–Kier alpha value is -2.22. The Balaban J connectivity index is 1.35. The molecule has 0 spiro atoms. The van der Waals surface area contributed by atoms with Gasteiger partial charge in [0, 0.05) is 65.3 Å². The van der Waals surface area contributed by atoms with Crippen molar-refractivity contribution in [1.29, 1.82) is 0 Å². The second-order valence-corrected chi connectivity index (χ2v) is 6.91. The van der Waals surface area contributed by atoms with Crippen molar-refractivity contribution in [3.8, 4) is 0 Å². The van der Waals surface area contributed by atoms with Crippen molar-refractivity contribution in [2.75, 3.05) is 49.1 Å². The molecule has 0 N–H and O–H groups in total. The fourth-order valence-corrected chi connectivity index (χ4v) is 3.59. The quantitative estimate of drug-likeness (QED) is 0.818. The van der Waals surface area contributed by atoms with Crippen molar-refractivity contribution in [3.63, 3.8) is 0 Å². The van der Waals surface area contributed by atoms with Crippen LogP contribution in [-0.4, -0.2) is 69.1 Å². The average Bonchev–Trinajstić information content (AvgIpc) is 3.08. The third kappa shape index (κ3) is 3.89. The molecule has 2 fully saturated rings. The molecule has 4 rings (SSSR count). The summed E-state index contributed by atoms with van der Waals surface area (Å²) in [7, 11) is 1.91.